The van der Waals surface area contributed by atoms with Gasteiger partial charge >= 0.3 is 0 Å². The van der Waals surface area contributed by atoms with Gasteiger partial charge in [0.25, 0.3) is 0 Å². The van der Waals surface area contributed by atoms with Gasteiger partial charge in [-0.2, -0.15) is 0 Å². The van der Waals surface area contributed by atoms with Crippen LogP contribution in [0.3, 0.4) is 0 Å². The predicted octanol–water partition coefficient (Wildman–Crippen LogP) is 2.84. The van der Waals surface area contributed by atoms with Crippen molar-refractivity contribution in [3.05, 3.63) is 29.3 Å². The first-order chi connectivity index (χ1) is 12.3. The zero-order chi connectivity index (χ0) is 18.9. The molecule has 0 spiro atoms. The normalized spacial score (nSPS) is 17.5. The maximum Gasteiger partial charge on any atom is 0.231 e. The third-order valence-electron chi connectivity index (χ3n) is 4.17. The molecule has 138 valence electrons. The van der Waals surface area contributed by atoms with Crippen LogP contribution in [0.25, 0.3) is 0 Å². The molecule has 1 aromatic carbocycles. The van der Waals surface area contributed by atoms with E-state index >= 15 is 0 Å². The quantitative estimate of drug-likeness (QED) is 0.890. The second kappa shape index (κ2) is 7.03. The number of amides is 2. The third-order valence-corrected chi connectivity index (χ3v) is 5.43. The van der Waals surface area contributed by atoms with Crippen molar-refractivity contribution in [3.63, 3.8) is 0 Å². The summed E-state index contributed by atoms with van der Waals surface area (Å²) in [7, 11) is 1.56. The highest BCUT2D eigenvalue weighted by molar-refractivity contribution is 7.15. The van der Waals surface area contributed by atoms with Crippen LogP contribution in [0, 0.1) is 5.92 Å². The largest absolute Gasteiger partial charge is 0.495 e. The lowest BCUT2D eigenvalue weighted by atomic mass is 9.98. The van der Waals surface area contributed by atoms with Crippen LogP contribution < -0.4 is 15.0 Å². The molecule has 1 aliphatic rings. The van der Waals surface area contributed by atoms with Gasteiger partial charge in [-0.1, -0.05) is 44.2 Å². The second-order valence-corrected chi connectivity index (χ2v) is 8.21. The zero-order valence-corrected chi connectivity index (χ0v) is 16.1. The number of methoxy groups -OCH3 is 1. The van der Waals surface area contributed by atoms with Crippen LogP contribution >= 0.6 is 11.3 Å². The lowest BCUT2D eigenvalue weighted by Crippen LogP contribution is -2.28. The highest BCUT2D eigenvalue weighted by Crippen LogP contribution is 2.33. The van der Waals surface area contributed by atoms with Crippen LogP contribution in [0.2, 0.25) is 0 Å². The minimum absolute atomic E-state index is 0.0951. The fourth-order valence-electron chi connectivity index (χ4n) is 2.75. The fraction of sp³-hybridized carbons (Fsp3) is 0.444. The van der Waals surface area contributed by atoms with Crippen LogP contribution in [-0.2, 0) is 15.0 Å². The van der Waals surface area contributed by atoms with Crippen molar-refractivity contribution < 1.29 is 14.3 Å². The minimum Gasteiger partial charge on any atom is -0.495 e. The molecule has 0 aliphatic carbocycles. The first-order valence-corrected chi connectivity index (χ1v) is 9.19. The molecule has 1 aromatic heterocycles. The van der Waals surface area contributed by atoms with Gasteiger partial charge in [0.05, 0.1) is 18.7 Å². The number of hydrogen-bond acceptors (Lipinski definition) is 6. The highest BCUT2D eigenvalue weighted by Gasteiger charge is 2.36. The Hall–Kier alpha value is -2.48. The van der Waals surface area contributed by atoms with Gasteiger partial charge < -0.3 is 15.0 Å². The molecule has 2 heterocycles. The molecule has 0 radical (unpaired) electrons. The maximum absolute atomic E-state index is 12.6. The molecule has 0 saturated carbocycles. The monoisotopic (exact) mass is 374 g/mol. The third kappa shape index (κ3) is 3.70. The van der Waals surface area contributed by atoms with Gasteiger partial charge in [0.15, 0.2) is 0 Å². The number of rotatable bonds is 4. The van der Waals surface area contributed by atoms with Crippen molar-refractivity contribution in [1.29, 1.82) is 0 Å². The summed E-state index contributed by atoms with van der Waals surface area (Å²) in [5.41, 5.74) is 0.561. The topological polar surface area (TPSA) is 84.4 Å². The SMILES string of the molecule is COc1ccccc1N1C[C@H](C(=O)Nc2nnc(C(C)(C)C)s2)CC1=O. The summed E-state index contributed by atoms with van der Waals surface area (Å²) in [4.78, 5) is 26.6. The molecule has 8 heteroatoms. The number of ether oxygens (including phenoxy) is 1. The number of nitrogens with one attached hydrogen (secondary N) is 1. The summed E-state index contributed by atoms with van der Waals surface area (Å²) < 4.78 is 5.32. The molecule has 1 fully saturated rings. The van der Waals surface area contributed by atoms with E-state index in [4.69, 9.17) is 4.74 Å². The Labute approximate surface area is 156 Å². The summed E-state index contributed by atoms with van der Waals surface area (Å²) >= 11 is 1.36. The summed E-state index contributed by atoms with van der Waals surface area (Å²) in [6.45, 7) is 6.44. The number of para-hydroxylation sites is 2. The number of carbonyl (C=O) groups is 2. The zero-order valence-electron chi connectivity index (χ0n) is 15.3. The van der Waals surface area contributed by atoms with Gasteiger partial charge in [0.1, 0.15) is 10.8 Å². The van der Waals surface area contributed by atoms with Gasteiger partial charge in [-0.05, 0) is 12.1 Å². The Morgan fingerprint density at radius 3 is 2.69 bits per heavy atom. The molecule has 1 N–H and O–H groups in total. The standard InChI is InChI=1S/C18H22N4O3S/c1-18(2,3)16-20-21-17(26-16)19-15(24)11-9-14(23)22(10-11)12-7-5-6-8-13(12)25-4/h5-8,11H,9-10H2,1-4H3,(H,19,21,24)/t11-/m1/s1. The number of benzene rings is 1. The molecular formula is C18H22N4O3S. The van der Waals surface area contributed by atoms with E-state index in [0.29, 0.717) is 23.1 Å². The summed E-state index contributed by atoms with van der Waals surface area (Å²) in [5, 5.41) is 12.3. The smallest absolute Gasteiger partial charge is 0.231 e. The number of nitrogens with zero attached hydrogens (tertiary/aromatic N) is 3. The van der Waals surface area contributed by atoms with Gasteiger partial charge in [-0.3, -0.25) is 9.59 Å². The molecular weight excluding hydrogens is 352 g/mol. The molecule has 3 rings (SSSR count). The van der Waals surface area contributed by atoms with Gasteiger partial charge in [0.2, 0.25) is 16.9 Å². The Balaban J connectivity index is 1.70. The van der Waals surface area contributed by atoms with Gasteiger partial charge in [-0.25, -0.2) is 0 Å². The average molecular weight is 374 g/mol. The molecule has 1 saturated heterocycles. The molecule has 2 aromatic rings. The first-order valence-electron chi connectivity index (χ1n) is 8.38. The summed E-state index contributed by atoms with van der Waals surface area (Å²) in [6.07, 6.45) is 0.162. The Morgan fingerprint density at radius 2 is 2.04 bits per heavy atom. The van der Waals surface area contributed by atoms with E-state index in [1.165, 1.54) is 11.3 Å². The molecule has 7 nitrogen and oxygen atoms in total. The average Bonchev–Trinajstić information content (AvgIpc) is 3.21. The lowest BCUT2D eigenvalue weighted by molar-refractivity contribution is -0.122. The van der Waals surface area contributed by atoms with Crippen LogP contribution in [-0.4, -0.2) is 35.7 Å². The second-order valence-electron chi connectivity index (χ2n) is 7.23. The van der Waals surface area contributed by atoms with Crippen molar-refractivity contribution in [3.8, 4) is 5.75 Å². The predicted molar refractivity (Wildman–Crippen MR) is 101 cm³/mol. The highest BCUT2D eigenvalue weighted by atomic mass is 32.1. The Morgan fingerprint density at radius 1 is 1.31 bits per heavy atom. The van der Waals surface area contributed by atoms with Crippen LogP contribution in [0.4, 0.5) is 10.8 Å². The summed E-state index contributed by atoms with van der Waals surface area (Å²) in [6, 6.07) is 7.30. The van der Waals surface area contributed by atoms with E-state index in [0.717, 1.165) is 5.01 Å². The Bertz CT molecular complexity index is 828. The van der Waals surface area contributed by atoms with Crippen molar-refractivity contribution in [2.45, 2.75) is 32.6 Å². The molecule has 26 heavy (non-hydrogen) atoms. The van der Waals surface area contributed by atoms with Crippen molar-refractivity contribution in [1.82, 2.24) is 10.2 Å². The van der Waals surface area contributed by atoms with Crippen LogP contribution in [0.15, 0.2) is 24.3 Å². The lowest BCUT2D eigenvalue weighted by Gasteiger charge is -2.19. The summed E-state index contributed by atoms with van der Waals surface area (Å²) in [5.74, 6) is -0.134. The first kappa shape index (κ1) is 18.3. The van der Waals surface area contributed by atoms with E-state index in [9.17, 15) is 9.59 Å². The molecule has 0 unspecified atom stereocenters. The molecule has 1 atom stereocenters. The number of aromatic nitrogens is 2. The molecule has 0 bridgehead atoms. The minimum atomic E-state index is -0.436. The van der Waals surface area contributed by atoms with Crippen LogP contribution in [0.1, 0.15) is 32.2 Å². The van der Waals surface area contributed by atoms with Crippen LogP contribution in [0.5, 0.6) is 5.75 Å². The van der Waals surface area contributed by atoms with Gasteiger partial charge in [-0.15, -0.1) is 10.2 Å². The number of carbonyl (C=O) groups excluding carboxylic acids is 2. The number of hydrogen-bond donors (Lipinski definition) is 1. The number of anilines is 2. The van der Waals surface area contributed by atoms with Gasteiger partial charge in [0, 0.05) is 18.4 Å². The van der Waals surface area contributed by atoms with E-state index in [-0.39, 0.29) is 23.7 Å². The van der Waals surface area contributed by atoms with E-state index < -0.39 is 5.92 Å². The maximum atomic E-state index is 12.6. The molecule has 2 amide bonds. The van der Waals surface area contributed by atoms with Crippen molar-refractivity contribution in [2.75, 3.05) is 23.9 Å². The van der Waals surface area contributed by atoms with E-state index in [1.54, 1.807) is 18.1 Å². The molecule has 1 aliphatic heterocycles. The fourth-order valence-corrected chi connectivity index (χ4v) is 3.56. The van der Waals surface area contributed by atoms with Crippen molar-refractivity contribution >= 4 is 34.0 Å². The van der Waals surface area contributed by atoms with E-state index in [1.807, 2.05) is 39.0 Å². The van der Waals surface area contributed by atoms with E-state index in [2.05, 4.69) is 15.5 Å². The van der Waals surface area contributed by atoms with Crippen molar-refractivity contribution in [2.24, 2.45) is 5.92 Å². The Kier molecular flexibility index (Phi) is 4.95.